The van der Waals surface area contributed by atoms with Gasteiger partial charge in [-0.2, -0.15) is 0 Å². The van der Waals surface area contributed by atoms with Gasteiger partial charge in [0.15, 0.2) is 0 Å². The number of halogens is 1. The molecule has 0 heterocycles. The van der Waals surface area contributed by atoms with Crippen LogP contribution in [-0.2, 0) is 0 Å². The van der Waals surface area contributed by atoms with Crippen LogP contribution in [0, 0.1) is 13.8 Å². The van der Waals surface area contributed by atoms with E-state index < -0.39 is 6.10 Å². The van der Waals surface area contributed by atoms with Crippen LogP contribution in [0.1, 0.15) is 22.8 Å². The van der Waals surface area contributed by atoms with Gasteiger partial charge in [0.2, 0.25) is 0 Å². The second-order valence-electron chi connectivity index (χ2n) is 3.14. The Morgan fingerprint density at radius 1 is 1.38 bits per heavy atom. The first-order valence-corrected chi connectivity index (χ1v) is 5.01. The van der Waals surface area contributed by atoms with E-state index in [4.69, 9.17) is 5.73 Å². The van der Waals surface area contributed by atoms with E-state index in [-0.39, 0.29) is 6.54 Å². The SMILES string of the molecule is Cc1c(Br)ccc(C(O)CN)c1C. The summed E-state index contributed by atoms with van der Waals surface area (Å²) in [6.07, 6.45) is -0.549. The minimum atomic E-state index is -0.549. The summed E-state index contributed by atoms with van der Waals surface area (Å²) in [5.74, 6) is 0. The zero-order valence-corrected chi connectivity index (χ0v) is 9.43. The second-order valence-corrected chi connectivity index (χ2v) is 3.99. The van der Waals surface area contributed by atoms with Crippen LogP contribution in [0.25, 0.3) is 0 Å². The average molecular weight is 244 g/mol. The van der Waals surface area contributed by atoms with Crippen LogP contribution in [-0.4, -0.2) is 11.7 Å². The van der Waals surface area contributed by atoms with Crippen LogP contribution in [0.3, 0.4) is 0 Å². The maximum Gasteiger partial charge on any atom is 0.0914 e. The summed E-state index contributed by atoms with van der Waals surface area (Å²) in [7, 11) is 0. The number of aliphatic hydroxyl groups excluding tert-OH is 1. The molecular weight excluding hydrogens is 230 g/mol. The molecule has 1 rings (SSSR count). The molecule has 3 N–H and O–H groups in total. The number of hydrogen-bond acceptors (Lipinski definition) is 2. The quantitative estimate of drug-likeness (QED) is 0.836. The Kier molecular flexibility index (Phi) is 3.47. The van der Waals surface area contributed by atoms with Crippen molar-refractivity contribution in [2.75, 3.05) is 6.54 Å². The molecule has 0 amide bonds. The van der Waals surface area contributed by atoms with Gasteiger partial charge in [-0.1, -0.05) is 22.0 Å². The highest BCUT2D eigenvalue weighted by atomic mass is 79.9. The fourth-order valence-electron chi connectivity index (χ4n) is 1.30. The number of benzene rings is 1. The minimum Gasteiger partial charge on any atom is -0.387 e. The Labute approximate surface area is 86.9 Å². The van der Waals surface area contributed by atoms with E-state index in [2.05, 4.69) is 15.9 Å². The highest BCUT2D eigenvalue weighted by Gasteiger charge is 2.10. The molecule has 0 aliphatic carbocycles. The van der Waals surface area contributed by atoms with E-state index >= 15 is 0 Å². The summed E-state index contributed by atoms with van der Waals surface area (Å²) in [5, 5.41) is 9.59. The first kappa shape index (κ1) is 10.7. The van der Waals surface area contributed by atoms with Gasteiger partial charge in [-0.25, -0.2) is 0 Å². The zero-order chi connectivity index (χ0) is 10.0. The first-order chi connectivity index (χ1) is 6.07. The minimum absolute atomic E-state index is 0.266. The lowest BCUT2D eigenvalue weighted by atomic mass is 9.99. The molecule has 0 spiro atoms. The van der Waals surface area contributed by atoms with Crippen LogP contribution in [0.2, 0.25) is 0 Å². The molecule has 1 aromatic carbocycles. The summed E-state index contributed by atoms with van der Waals surface area (Å²) in [5.41, 5.74) is 8.58. The van der Waals surface area contributed by atoms with Gasteiger partial charge >= 0.3 is 0 Å². The lowest BCUT2D eigenvalue weighted by molar-refractivity contribution is 0.186. The first-order valence-electron chi connectivity index (χ1n) is 4.21. The Hall–Kier alpha value is -0.380. The van der Waals surface area contributed by atoms with Crippen molar-refractivity contribution in [3.8, 4) is 0 Å². The smallest absolute Gasteiger partial charge is 0.0914 e. The van der Waals surface area contributed by atoms with Crippen LogP contribution in [0.15, 0.2) is 16.6 Å². The summed E-state index contributed by atoms with van der Waals surface area (Å²) in [6.45, 7) is 4.28. The third kappa shape index (κ3) is 2.10. The highest BCUT2D eigenvalue weighted by Crippen LogP contribution is 2.25. The zero-order valence-electron chi connectivity index (χ0n) is 7.84. The Morgan fingerprint density at radius 3 is 2.54 bits per heavy atom. The van der Waals surface area contributed by atoms with Crippen molar-refractivity contribution in [3.05, 3.63) is 33.3 Å². The van der Waals surface area contributed by atoms with Crippen molar-refractivity contribution >= 4 is 15.9 Å². The van der Waals surface area contributed by atoms with E-state index in [1.807, 2.05) is 26.0 Å². The molecule has 0 saturated carbocycles. The molecule has 0 aliphatic heterocycles. The molecule has 1 atom stereocenters. The van der Waals surface area contributed by atoms with E-state index in [0.717, 1.165) is 21.2 Å². The van der Waals surface area contributed by atoms with Crippen molar-refractivity contribution < 1.29 is 5.11 Å². The van der Waals surface area contributed by atoms with Gasteiger partial charge in [0, 0.05) is 11.0 Å². The molecule has 0 aromatic heterocycles. The summed E-state index contributed by atoms with van der Waals surface area (Å²) >= 11 is 3.44. The number of nitrogens with two attached hydrogens (primary N) is 1. The standard InChI is InChI=1S/C10H14BrNO/c1-6-7(2)9(11)4-3-8(6)10(13)5-12/h3-4,10,13H,5,12H2,1-2H3. The van der Waals surface area contributed by atoms with Crippen molar-refractivity contribution in [2.24, 2.45) is 5.73 Å². The van der Waals surface area contributed by atoms with Crippen LogP contribution in [0.5, 0.6) is 0 Å². The Morgan fingerprint density at radius 2 is 2.00 bits per heavy atom. The molecule has 1 unspecified atom stereocenters. The number of aliphatic hydroxyl groups is 1. The van der Waals surface area contributed by atoms with Gasteiger partial charge in [-0.15, -0.1) is 0 Å². The van der Waals surface area contributed by atoms with Gasteiger partial charge in [0.05, 0.1) is 6.10 Å². The summed E-state index contributed by atoms with van der Waals surface area (Å²) in [4.78, 5) is 0. The lowest BCUT2D eigenvalue weighted by Gasteiger charge is -2.14. The third-order valence-electron chi connectivity index (χ3n) is 2.35. The van der Waals surface area contributed by atoms with Gasteiger partial charge in [0.1, 0.15) is 0 Å². The van der Waals surface area contributed by atoms with E-state index in [0.29, 0.717) is 0 Å². The molecular formula is C10H14BrNO. The van der Waals surface area contributed by atoms with E-state index in [9.17, 15) is 5.11 Å². The average Bonchev–Trinajstić information content (AvgIpc) is 2.13. The third-order valence-corrected chi connectivity index (χ3v) is 3.20. The molecule has 0 bridgehead atoms. The van der Waals surface area contributed by atoms with Crippen molar-refractivity contribution in [1.29, 1.82) is 0 Å². The summed E-state index contributed by atoms with van der Waals surface area (Å²) in [6, 6.07) is 3.85. The number of hydrogen-bond donors (Lipinski definition) is 2. The van der Waals surface area contributed by atoms with Crippen LogP contribution in [0.4, 0.5) is 0 Å². The van der Waals surface area contributed by atoms with E-state index in [1.165, 1.54) is 0 Å². The fraction of sp³-hybridized carbons (Fsp3) is 0.400. The van der Waals surface area contributed by atoms with Gasteiger partial charge in [-0.3, -0.25) is 0 Å². The van der Waals surface area contributed by atoms with Gasteiger partial charge < -0.3 is 10.8 Å². The second kappa shape index (κ2) is 4.22. The molecule has 0 saturated heterocycles. The monoisotopic (exact) mass is 243 g/mol. The van der Waals surface area contributed by atoms with Gasteiger partial charge in [0.25, 0.3) is 0 Å². The topological polar surface area (TPSA) is 46.2 Å². The maximum absolute atomic E-state index is 9.59. The van der Waals surface area contributed by atoms with Crippen molar-refractivity contribution in [3.63, 3.8) is 0 Å². The van der Waals surface area contributed by atoms with Crippen molar-refractivity contribution in [2.45, 2.75) is 20.0 Å². The lowest BCUT2D eigenvalue weighted by Crippen LogP contribution is -2.13. The molecule has 0 fully saturated rings. The fourth-order valence-corrected chi connectivity index (χ4v) is 1.73. The highest BCUT2D eigenvalue weighted by molar-refractivity contribution is 9.10. The molecule has 3 heteroatoms. The molecule has 0 aliphatic rings. The van der Waals surface area contributed by atoms with Crippen LogP contribution < -0.4 is 5.73 Å². The maximum atomic E-state index is 9.59. The van der Waals surface area contributed by atoms with Gasteiger partial charge in [-0.05, 0) is 36.6 Å². The Balaban J connectivity index is 3.18. The molecule has 13 heavy (non-hydrogen) atoms. The molecule has 1 aromatic rings. The summed E-state index contributed by atoms with van der Waals surface area (Å²) < 4.78 is 1.07. The largest absolute Gasteiger partial charge is 0.387 e. The van der Waals surface area contributed by atoms with Crippen molar-refractivity contribution in [1.82, 2.24) is 0 Å². The van der Waals surface area contributed by atoms with E-state index in [1.54, 1.807) is 0 Å². The van der Waals surface area contributed by atoms with Crippen LogP contribution >= 0.6 is 15.9 Å². The predicted octanol–water partition coefficient (Wildman–Crippen LogP) is 2.06. The number of rotatable bonds is 2. The Bertz CT molecular complexity index is 312. The normalized spacial score (nSPS) is 13.0. The molecule has 72 valence electrons. The molecule has 2 nitrogen and oxygen atoms in total. The predicted molar refractivity (Wildman–Crippen MR) is 57.6 cm³/mol. The molecule has 0 radical (unpaired) electrons.